The lowest BCUT2D eigenvalue weighted by atomic mass is 10.0. The number of aryl methyl sites for hydroxylation is 1. The van der Waals surface area contributed by atoms with Crippen LogP contribution in [0.25, 0.3) is 0 Å². The van der Waals surface area contributed by atoms with Gasteiger partial charge in [-0.05, 0) is 49.4 Å². The number of aromatic carboxylic acids is 1. The van der Waals surface area contributed by atoms with Crippen molar-refractivity contribution in [2.45, 2.75) is 52.5 Å². The molecular weight excluding hydrogens is 250 g/mol. The molecule has 2 rings (SSSR count). The van der Waals surface area contributed by atoms with E-state index in [4.69, 9.17) is 5.11 Å². The van der Waals surface area contributed by atoms with Crippen LogP contribution in [0.2, 0.25) is 0 Å². The average molecular weight is 275 g/mol. The second-order valence-corrected chi connectivity index (χ2v) is 6.29. The summed E-state index contributed by atoms with van der Waals surface area (Å²) in [5, 5.41) is 9.14. The van der Waals surface area contributed by atoms with Gasteiger partial charge in [0.15, 0.2) is 0 Å². The van der Waals surface area contributed by atoms with E-state index in [1.165, 1.54) is 31.4 Å². The predicted molar refractivity (Wildman–Crippen MR) is 82.6 cm³/mol. The molecule has 3 nitrogen and oxygen atoms in total. The molecule has 0 unspecified atom stereocenters. The molecule has 1 aliphatic carbocycles. The Bertz CT molecular complexity index is 476. The van der Waals surface area contributed by atoms with Gasteiger partial charge < -0.3 is 10.0 Å². The third-order valence-corrected chi connectivity index (χ3v) is 4.10. The number of hydrogen-bond acceptors (Lipinski definition) is 2. The fourth-order valence-electron chi connectivity index (χ4n) is 3.14. The highest BCUT2D eigenvalue weighted by molar-refractivity contribution is 5.89. The number of anilines is 1. The Morgan fingerprint density at radius 1 is 1.35 bits per heavy atom. The van der Waals surface area contributed by atoms with Crippen LogP contribution < -0.4 is 4.90 Å². The van der Waals surface area contributed by atoms with E-state index in [1.54, 1.807) is 6.07 Å². The van der Waals surface area contributed by atoms with Gasteiger partial charge in [-0.2, -0.15) is 0 Å². The minimum atomic E-state index is -0.842. The Morgan fingerprint density at radius 3 is 2.50 bits per heavy atom. The second-order valence-electron chi connectivity index (χ2n) is 6.29. The zero-order valence-electron chi connectivity index (χ0n) is 12.7. The van der Waals surface area contributed by atoms with Crippen LogP contribution in [0.5, 0.6) is 0 Å². The summed E-state index contributed by atoms with van der Waals surface area (Å²) in [5.74, 6) is -0.236. The standard InChI is InChI=1S/C17H25NO2/c1-12(2)11-18(14-6-4-5-7-14)15-8-9-16(17(19)20)13(3)10-15/h8-10,12,14H,4-7,11H2,1-3H3,(H,19,20). The van der Waals surface area contributed by atoms with Crippen molar-refractivity contribution in [1.29, 1.82) is 0 Å². The lowest BCUT2D eigenvalue weighted by Crippen LogP contribution is -2.36. The normalized spacial score (nSPS) is 15.8. The smallest absolute Gasteiger partial charge is 0.335 e. The summed E-state index contributed by atoms with van der Waals surface area (Å²) < 4.78 is 0. The second kappa shape index (κ2) is 6.29. The molecule has 1 aromatic carbocycles. The molecule has 0 amide bonds. The first-order valence-corrected chi connectivity index (χ1v) is 7.59. The zero-order chi connectivity index (χ0) is 14.7. The van der Waals surface area contributed by atoms with Gasteiger partial charge in [0.05, 0.1) is 5.56 Å². The number of carbonyl (C=O) groups is 1. The number of hydrogen-bond donors (Lipinski definition) is 1. The number of nitrogens with zero attached hydrogens (tertiary/aromatic N) is 1. The van der Waals surface area contributed by atoms with Gasteiger partial charge in [-0.15, -0.1) is 0 Å². The molecule has 0 radical (unpaired) electrons. The first kappa shape index (κ1) is 14.9. The molecule has 0 heterocycles. The fraction of sp³-hybridized carbons (Fsp3) is 0.588. The lowest BCUT2D eigenvalue weighted by Gasteiger charge is -2.33. The van der Waals surface area contributed by atoms with Crippen LogP contribution in [0.1, 0.15) is 55.5 Å². The van der Waals surface area contributed by atoms with Crippen LogP contribution in [0.3, 0.4) is 0 Å². The maximum Gasteiger partial charge on any atom is 0.335 e. The molecule has 1 N–H and O–H groups in total. The first-order valence-electron chi connectivity index (χ1n) is 7.59. The van der Waals surface area contributed by atoms with E-state index in [-0.39, 0.29) is 0 Å². The fourth-order valence-corrected chi connectivity index (χ4v) is 3.14. The molecule has 1 aromatic rings. The van der Waals surface area contributed by atoms with Crippen LogP contribution in [-0.2, 0) is 0 Å². The summed E-state index contributed by atoms with van der Waals surface area (Å²) in [6, 6.07) is 6.36. The highest BCUT2D eigenvalue weighted by Gasteiger charge is 2.24. The van der Waals surface area contributed by atoms with E-state index in [2.05, 4.69) is 18.7 Å². The van der Waals surface area contributed by atoms with Crippen LogP contribution in [0, 0.1) is 12.8 Å². The van der Waals surface area contributed by atoms with Crippen molar-refractivity contribution in [2.24, 2.45) is 5.92 Å². The molecule has 0 spiro atoms. The van der Waals surface area contributed by atoms with E-state index in [0.717, 1.165) is 12.1 Å². The van der Waals surface area contributed by atoms with Crippen molar-refractivity contribution in [3.8, 4) is 0 Å². The van der Waals surface area contributed by atoms with Crippen molar-refractivity contribution in [3.05, 3.63) is 29.3 Å². The summed E-state index contributed by atoms with van der Waals surface area (Å²) in [7, 11) is 0. The number of rotatable bonds is 5. The van der Waals surface area contributed by atoms with Gasteiger partial charge in [0.1, 0.15) is 0 Å². The molecule has 1 aliphatic rings. The van der Waals surface area contributed by atoms with Gasteiger partial charge in [-0.25, -0.2) is 4.79 Å². The predicted octanol–water partition coefficient (Wildman–Crippen LogP) is 4.10. The molecule has 20 heavy (non-hydrogen) atoms. The quantitative estimate of drug-likeness (QED) is 0.879. The zero-order valence-corrected chi connectivity index (χ0v) is 12.7. The van der Waals surface area contributed by atoms with Crippen LogP contribution in [0.4, 0.5) is 5.69 Å². The highest BCUT2D eigenvalue weighted by atomic mass is 16.4. The number of carboxylic acids is 1. The van der Waals surface area contributed by atoms with Crippen molar-refractivity contribution < 1.29 is 9.90 Å². The topological polar surface area (TPSA) is 40.5 Å². The lowest BCUT2D eigenvalue weighted by molar-refractivity contribution is 0.0696. The van der Waals surface area contributed by atoms with Gasteiger partial charge in [0.25, 0.3) is 0 Å². The summed E-state index contributed by atoms with van der Waals surface area (Å²) in [4.78, 5) is 13.6. The average Bonchev–Trinajstić information content (AvgIpc) is 2.88. The Morgan fingerprint density at radius 2 is 2.00 bits per heavy atom. The SMILES string of the molecule is Cc1cc(N(CC(C)C)C2CCCC2)ccc1C(=O)O. The Hall–Kier alpha value is -1.51. The molecule has 0 saturated heterocycles. The van der Waals surface area contributed by atoms with Crippen LogP contribution in [0.15, 0.2) is 18.2 Å². The Labute approximate surface area is 121 Å². The summed E-state index contributed by atoms with van der Waals surface area (Å²) in [6.45, 7) is 7.40. The van der Waals surface area contributed by atoms with Crippen molar-refractivity contribution in [1.82, 2.24) is 0 Å². The minimum Gasteiger partial charge on any atom is -0.478 e. The van der Waals surface area contributed by atoms with Crippen LogP contribution in [-0.4, -0.2) is 23.7 Å². The maximum absolute atomic E-state index is 11.1. The molecule has 0 aliphatic heterocycles. The van der Waals surface area contributed by atoms with Gasteiger partial charge in [0.2, 0.25) is 0 Å². The molecular formula is C17H25NO2. The van der Waals surface area contributed by atoms with Crippen molar-refractivity contribution >= 4 is 11.7 Å². The van der Waals surface area contributed by atoms with E-state index in [1.807, 2.05) is 19.1 Å². The summed E-state index contributed by atoms with van der Waals surface area (Å²) in [5.41, 5.74) is 2.43. The van der Waals surface area contributed by atoms with Crippen LogP contribution >= 0.6 is 0 Å². The minimum absolute atomic E-state index is 0.407. The highest BCUT2D eigenvalue weighted by Crippen LogP contribution is 2.30. The Balaban J connectivity index is 2.28. The van der Waals surface area contributed by atoms with Crippen molar-refractivity contribution in [3.63, 3.8) is 0 Å². The molecule has 3 heteroatoms. The maximum atomic E-state index is 11.1. The summed E-state index contributed by atoms with van der Waals surface area (Å²) >= 11 is 0. The molecule has 0 bridgehead atoms. The molecule has 0 aromatic heterocycles. The summed E-state index contributed by atoms with van der Waals surface area (Å²) in [6.07, 6.45) is 5.13. The van der Waals surface area contributed by atoms with Gasteiger partial charge in [-0.1, -0.05) is 26.7 Å². The van der Waals surface area contributed by atoms with Gasteiger partial charge in [0, 0.05) is 18.3 Å². The third kappa shape index (κ3) is 3.33. The third-order valence-electron chi connectivity index (χ3n) is 4.10. The number of benzene rings is 1. The molecule has 1 fully saturated rings. The van der Waals surface area contributed by atoms with E-state index in [0.29, 0.717) is 17.5 Å². The van der Waals surface area contributed by atoms with Gasteiger partial charge in [-0.3, -0.25) is 0 Å². The van der Waals surface area contributed by atoms with Gasteiger partial charge >= 0.3 is 5.97 Å². The first-order chi connectivity index (χ1) is 9.49. The van der Waals surface area contributed by atoms with E-state index in [9.17, 15) is 4.79 Å². The van der Waals surface area contributed by atoms with E-state index >= 15 is 0 Å². The molecule has 1 saturated carbocycles. The monoisotopic (exact) mass is 275 g/mol. The Kier molecular flexibility index (Phi) is 4.69. The van der Waals surface area contributed by atoms with Crippen molar-refractivity contribution in [2.75, 3.05) is 11.4 Å². The molecule has 110 valence electrons. The largest absolute Gasteiger partial charge is 0.478 e. The molecule has 0 atom stereocenters. The number of carboxylic acid groups (broad SMARTS) is 1. The van der Waals surface area contributed by atoms with E-state index < -0.39 is 5.97 Å².